The number of nitrogen functional groups attached to an aromatic ring is 1. The number of carbonyl (C=O) groups is 1. The summed E-state index contributed by atoms with van der Waals surface area (Å²) in [5.41, 5.74) is 7.89. The van der Waals surface area contributed by atoms with Crippen LogP contribution in [0.15, 0.2) is 18.2 Å². The average Bonchev–Trinajstić information content (AvgIpc) is 2.40. The Morgan fingerprint density at radius 2 is 2.15 bits per heavy atom. The number of anilines is 2. The van der Waals surface area contributed by atoms with Crippen LogP contribution in [0.3, 0.4) is 0 Å². The topological polar surface area (TPSA) is 76.4 Å². The molecule has 0 fully saturated rings. The lowest BCUT2D eigenvalue weighted by molar-refractivity contribution is 0.0956. The fourth-order valence-electron chi connectivity index (χ4n) is 1.69. The van der Waals surface area contributed by atoms with E-state index in [0.29, 0.717) is 36.9 Å². The SMILES string of the molecule is CCNC(=O)c1ccc(N)c(NCCOCC(C)C)c1. The van der Waals surface area contributed by atoms with Gasteiger partial charge in [-0.3, -0.25) is 4.79 Å². The van der Waals surface area contributed by atoms with E-state index < -0.39 is 0 Å². The van der Waals surface area contributed by atoms with Gasteiger partial charge in [-0.2, -0.15) is 0 Å². The number of benzene rings is 1. The summed E-state index contributed by atoms with van der Waals surface area (Å²) >= 11 is 0. The molecule has 112 valence electrons. The van der Waals surface area contributed by atoms with Crippen molar-refractivity contribution in [2.75, 3.05) is 37.4 Å². The fraction of sp³-hybridized carbons (Fsp3) is 0.533. The lowest BCUT2D eigenvalue weighted by atomic mass is 10.1. The van der Waals surface area contributed by atoms with Gasteiger partial charge in [0.15, 0.2) is 0 Å². The number of ether oxygens (including phenoxy) is 1. The maximum Gasteiger partial charge on any atom is 0.251 e. The highest BCUT2D eigenvalue weighted by Gasteiger charge is 2.07. The third-order valence-corrected chi connectivity index (χ3v) is 2.67. The van der Waals surface area contributed by atoms with Gasteiger partial charge in [-0.15, -0.1) is 0 Å². The Morgan fingerprint density at radius 1 is 1.40 bits per heavy atom. The van der Waals surface area contributed by atoms with Gasteiger partial charge in [0.25, 0.3) is 5.91 Å². The predicted molar refractivity (Wildman–Crippen MR) is 83.0 cm³/mol. The predicted octanol–water partition coefficient (Wildman–Crippen LogP) is 2.10. The van der Waals surface area contributed by atoms with Crippen molar-refractivity contribution in [1.82, 2.24) is 5.32 Å². The summed E-state index contributed by atoms with van der Waals surface area (Å²) in [6.07, 6.45) is 0. The van der Waals surface area contributed by atoms with E-state index in [0.717, 1.165) is 12.3 Å². The molecule has 20 heavy (non-hydrogen) atoms. The Labute approximate surface area is 120 Å². The largest absolute Gasteiger partial charge is 0.397 e. The molecule has 0 radical (unpaired) electrons. The summed E-state index contributed by atoms with van der Waals surface area (Å²) in [5, 5.41) is 5.96. The first kappa shape index (κ1) is 16.3. The summed E-state index contributed by atoms with van der Waals surface area (Å²) in [5.74, 6) is 0.438. The van der Waals surface area contributed by atoms with Crippen molar-refractivity contribution >= 4 is 17.3 Å². The van der Waals surface area contributed by atoms with E-state index in [4.69, 9.17) is 10.5 Å². The molecule has 0 atom stereocenters. The molecule has 1 rings (SSSR count). The van der Waals surface area contributed by atoms with Crippen molar-refractivity contribution in [2.45, 2.75) is 20.8 Å². The van der Waals surface area contributed by atoms with E-state index >= 15 is 0 Å². The Hall–Kier alpha value is -1.75. The number of amides is 1. The van der Waals surface area contributed by atoms with E-state index in [-0.39, 0.29) is 5.91 Å². The van der Waals surface area contributed by atoms with Crippen LogP contribution in [0.4, 0.5) is 11.4 Å². The molecule has 5 heteroatoms. The van der Waals surface area contributed by atoms with Gasteiger partial charge in [-0.1, -0.05) is 13.8 Å². The lowest BCUT2D eigenvalue weighted by Crippen LogP contribution is -2.23. The van der Waals surface area contributed by atoms with Crippen LogP contribution in [0.2, 0.25) is 0 Å². The second-order valence-electron chi connectivity index (χ2n) is 5.06. The van der Waals surface area contributed by atoms with Gasteiger partial charge in [-0.05, 0) is 31.0 Å². The maximum atomic E-state index is 11.8. The van der Waals surface area contributed by atoms with Crippen LogP contribution in [-0.4, -0.2) is 32.2 Å². The first-order chi connectivity index (χ1) is 9.54. The fourth-order valence-corrected chi connectivity index (χ4v) is 1.69. The van der Waals surface area contributed by atoms with E-state index in [2.05, 4.69) is 24.5 Å². The molecule has 0 aromatic heterocycles. The molecule has 0 heterocycles. The lowest BCUT2D eigenvalue weighted by Gasteiger charge is -2.12. The minimum absolute atomic E-state index is 0.0911. The highest BCUT2D eigenvalue weighted by atomic mass is 16.5. The molecular formula is C15H25N3O2. The van der Waals surface area contributed by atoms with Gasteiger partial charge < -0.3 is 21.1 Å². The molecule has 0 spiro atoms. The summed E-state index contributed by atoms with van der Waals surface area (Å²) in [4.78, 5) is 11.8. The second-order valence-corrected chi connectivity index (χ2v) is 5.06. The highest BCUT2D eigenvalue weighted by molar-refractivity contribution is 5.96. The minimum atomic E-state index is -0.0911. The van der Waals surface area contributed by atoms with Gasteiger partial charge in [0.1, 0.15) is 0 Å². The Kier molecular flexibility index (Phi) is 6.87. The third kappa shape index (κ3) is 5.48. The quantitative estimate of drug-likeness (QED) is 0.503. The van der Waals surface area contributed by atoms with Crippen molar-refractivity contribution in [1.29, 1.82) is 0 Å². The first-order valence-corrected chi connectivity index (χ1v) is 7.04. The number of nitrogens with two attached hydrogens (primary N) is 1. The van der Waals surface area contributed by atoms with E-state index in [1.165, 1.54) is 0 Å². The molecule has 1 aromatic rings. The molecular weight excluding hydrogens is 254 g/mol. The summed E-state index contributed by atoms with van der Waals surface area (Å²) in [6, 6.07) is 5.23. The molecule has 1 aromatic carbocycles. The molecule has 0 saturated heterocycles. The molecule has 0 bridgehead atoms. The molecule has 0 aliphatic heterocycles. The van der Waals surface area contributed by atoms with Crippen molar-refractivity contribution in [3.05, 3.63) is 23.8 Å². The summed E-state index contributed by atoms with van der Waals surface area (Å²) < 4.78 is 5.49. The molecule has 0 saturated carbocycles. The van der Waals surface area contributed by atoms with Crippen LogP contribution < -0.4 is 16.4 Å². The standard InChI is InChI=1S/C15H25N3O2/c1-4-17-15(19)12-5-6-13(16)14(9-12)18-7-8-20-10-11(2)3/h5-6,9,11,18H,4,7-8,10,16H2,1-3H3,(H,17,19). The number of hydrogen-bond donors (Lipinski definition) is 3. The Balaban J connectivity index is 2.52. The van der Waals surface area contributed by atoms with Gasteiger partial charge in [-0.25, -0.2) is 0 Å². The summed E-state index contributed by atoms with van der Waals surface area (Å²) in [6.45, 7) is 8.74. The zero-order valence-corrected chi connectivity index (χ0v) is 12.5. The zero-order valence-electron chi connectivity index (χ0n) is 12.5. The smallest absolute Gasteiger partial charge is 0.251 e. The van der Waals surface area contributed by atoms with Gasteiger partial charge >= 0.3 is 0 Å². The number of carbonyl (C=O) groups excluding carboxylic acids is 1. The molecule has 0 aliphatic rings. The van der Waals surface area contributed by atoms with Crippen LogP contribution in [0, 0.1) is 5.92 Å². The second kappa shape index (κ2) is 8.43. The van der Waals surface area contributed by atoms with E-state index in [1.807, 2.05) is 6.92 Å². The molecule has 4 N–H and O–H groups in total. The first-order valence-electron chi connectivity index (χ1n) is 7.04. The Bertz CT molecular complexity index is 433. The third-order valence-electron chi connectivity index (χ3n) is 2.67. The van der Waals surface area contributed by atoms with Crippen LogP contribution in [0.25, 0.3) is 0 Å². The average molecular weight is 279 g/mol. The number of nitrogens with one attached hydrogen (secondary N) is 2. The van der Waals surface area contributed by atoms with Crippen molar-refractivity contribution in [3.63, 3.8) is 0 Å². The van der Waals surface area contributed by atoms with E-state index in [9.17, 15) is 4.79 Å². The van der Waals surface area contributed by atoms with Gasteiger partial charge in [0, 0.05) is 25.3 Å². The van der Waals surface area contributed by atoms with Crippen molar-refractivity contribution in [2.24, 2.45) is 5.92 Å². The normalized spacial score (nSPS) is 10.6. The van der Waals surface area contributed by atoms with Crippen LogP contribution in [0.1, 0.15) is 31.1 Å². The Morgan fingerprint density at radius 3 is 2.80 bits per heavy atom. The molecule has 0 aliphatic carbocycles. The van der Waals surface area contributed by atoms with Crippen LogP contribution >= 0.6 is 0 Å². The monoisotopic (exact) mass is 279 g/mol. The van der Waals surface area contributed by atoms with Crippen molar-refractivity contribution < 1.29 is 9.53 Å². The number of rotatable bonds is 8. The zero-order chi connectivity index (χ0) is 15.0. The van der Waals surface area contributed by atoms with Crippen molar-refractivity contribution in [3.8, 4) is 0 Å². The minimum Gasteiger partial charge on any atom is -0.397 e. The molecule has 0 unspecified atom stereocenters. The number of hydrogen-bond acceptors (Lipinski definition) is 4. The highest BCUT2D eigenvalue weighted by Crippen LogP contribution is 2.19. The maximum absolute atomic E-state index is 11.8. The van der Waals surface area contributed by atoms with E-state index in [1.54, 1.807) is 18.2 Å². The van der Waals surface area contributed by atoms with Gasteiger partial charge in [0.05, 0.1) is 18.0 Å². The molecule has 1 amide bonds. The summed E-state index contributed by atoms with van der Waals surface area (Å²) in [7, 11) is 0. The van der Waals surface area contributed by atoms with Crippen LogP contribution in [0.5, 0.6) is 0 Å². The molecule has 5 nitrogen and oxygen atoms in total. The van der Waals surface area contributed by atoms with Gasteiger partial charge in [0.2, 0.25) is 0 Å². The van der Waals surface area contributed by atoms with Crippen LogP contribution in [-0.2, 0) is 4.74 Å².